The number of methoxy groups -OCH3 is 1. The van der Waals surface area contributed by atoms with Crippen LogP contribution in [0.5, 0.6) is 5.75 Å². The second-order valence-corrected chi connectivity index (χ2v) is 6.95. The molecular formula is C23H23N3O5. The van der Waals surface area contributed by atoms with E-state index in [1.54, 1.807) is 55.6 Å². The summed E-state index contributed by atoms with van der Waals surface area (Å²) in [6.07, 6.45) is 1.43. The third kappa shape index (κ3) is 4.87. The van der Waals surface area contributed by atoms with Gasteiger partial charge in [0.2, 0.25) is 0 Å². The number of hydrogen-bond acceptors (Lipinski definition) is 6. The van der Waals surface area contributed by atoms with E-state index in [-0.39, 0.29) is 17.6 Å². The molecule has 0 spiro atoms. The summed E-state index contributed by atoms with van der Waals surface area (Å²) in [5.74, 6) is 0.238. The lowest BCUT2D eigenvalue weighted by atomic mass is 10.1. The maximum atomic E-state index is 13.2. The number of nitrogens with zero attached hydrogens (tertiary/aromatic N) is 1. The molecule has 2 N–H and O–H groups in total. The fourth-order valence-corrected chi connectivity index (χ4v) is 3.35. The van der Waals surface area contributed by atoms with E-state index >= 15 is 0 Å². The highest BCUT2D eigenvalue weighted by Crippen LogP contribution is 2.27. The van der Waals surface area contributed by atoms with Gasteiger partial charge in [-0.3, -0.25) is 9.59 Å². The first-order valence-electron chi connectivity index (χ1n) is 9.91. The van der Waals surface area contributed by atoms with Crippen LogP contribution < -0.4 is 20.3 Å². The summed E-state index contributed by atoms with van der Waals surface area (Å²) in [5, 5.41) is 5.69. The highest BCUT2D eigenvalue weighted by molar-refractivity contribution is 6.10. The predicted molar refractivity (Wildman–Crippen MR) is 117 cm³/mol. The third-order valence-corrected chi connectivity index (χ3v) is 4.94. The number of ether oxygens (including phenoxy) is 2. The van der Waals surface area contributed by atoms with E-state index < -0.39 is 0 Å². The number of hydrogen-bond donors (Lipinski definition) is 2. The van der Waals surface area contributed by atoms with Crippen molar-refractivity contribution >= 4 is 28.9 Å². The predicted octanol–water partition coefficient (Wildman–Crippen LogP) is 3.63. The molecule has 31 heavy (non-hydrogen) atoms. The largest absolute Gasteiger partial charge is 0.497 e. The Kier molecular flexibility index (Phi) is 6.18. The van der Waals surface area contributed by atoms with Crippen LogP contribution in [-0.4, -0.2) is 45.2 Å². The lowest BCUT2D eigenvalue weighted by molar-refractivity contribution is 0.0993. The van der Waals surface area contributed by atoms with E-state index in [0.29, 0.717) is 49.0 Å². The van der Waals surface area contributed by atoms with E-state index in [4.69, 9.17) is 13.9 Å². The molecule has 1 saturated heterocycles. The minimum absolute atomic E-state index is 0.196. The van der Waals surface area contributed by atoms with Crippen LogP contribution in [0.15, 0.2) is 65.3 Å². The van der Waals surface area contributed by atoms with Crippen LogP contribution in [0, 0.1) is 0 Å². The Morgan fingerprint density at radius 2 is 1.65 bits per heavy atom. The first kappa shape index (κ1) is 20.5. The van der Waals surface area contributed by atoms with Crippen LogP contribution in [0.25, 0.3) is 0 Å². The first-order chi connectivity index (χ1) is 15.1. The molecule has 0 unspecified atom stereocenters. The lowest BCUT2D eigenvalue weighted by Gasteiger charge is -2.30. The summed E-state index contributed by atoms with van der Waals surface area (Å²) < 4.78 is 15.7. The number of morpholine rings is 1. The Morgan fingerprint density at radius 1 is 0.935 bits per heavy atom. The van der Waals surface area contributed by atoms with Crippen molar-refractivity contribution in [1.82, 2.24) is 0 Å². The molecule has 8 heteroatoms. The molecule has 0 bridgehead atoms. The summed E-state index contributed by atoms with van der Waals surface area (Å²) in [7, 11) is 1.59. The zero-order valence-electron chi connectivity index (χ0n) is 17.1. The number of carbonyl (C=O) groups excluding carboxylic acids is 2. The molecule has 1 aromatic heterocycles. The van der Waals surface area contributed by atoms with Crippen LogP contribution >= 0.6 is 0 Å². The van der Waals surface area contributed by atoms with Gasteiger partial charge in [-0.1, -0.05) is 0 Å². The van der Waals surface area contributed by atoms with Gasteiger partial charge >= 0.3 is 0 Å². The zero-order valence-corrected chi connectivity index (χ0v) is 17.1. The van der Waals surface area contributed by atoms with Gasteiger partial charge in [0.05, 0.1) is 32.2 Å². The van der Waals surface area contributed by atoms with Crippen LogP contribution in [0.3, 0.4) is 0 Å². The maximum Gasteiger partial charge on any atom is 0.291 e. The van der Waals surface area contributed by atoms with Crippen molar-refractivity contribution in [3.8, 4) is 5.75 Å². The zero-order chi connectivity index (χ0) is 21.6. The minimum Gasteiger partial charge on any atom is -0.497 e. The second-order valence-electron chi connectivity index (χ2n) is 6.95. The highest BCUT2D eigenvalue weighted by Gasteiger charge is 2.20. The van der Waals surface area contributed by atoms with Crippen molar-refractivity contribution in [3.63, 3.8) is 0 Å². The van der Waals surface area contributed by atoms with Crippen LogP contribution in [0.1, 0.15) is 20.9 Å². The smallest absolute Gasteiger partial charge is 0.291 e. The Bertz CT molecular complexity index is 1040. The number of carbonyl (C=O) groups is 2. The maximum absolute atomic E-state index is 13.2. The number of furan rings is 1. The fourth-order valence-electron chi connectivity index (χ4n) is 3.35. The van der Waals surface area contributed by atoms with Gasteiger partial charge in [-0.15, -0.1) is 0 Å². The van der Waals surface area contributed by atoms with Crippen LogP contribution in [-0.2, 0) is 4.74 Å². The third-order valence-electron chi connectivity index (χ3n) is 4.94. The summed E-state index contributed by atoms with van der Waals surface area (Å²) in [5.41, 5.74) is 2.38. The Hall–Kier alpha value is -3.78. The Morgan fingerprint density at radius 3 is 2.32 bits per heavy atom. The molecule has 1 fully saturated rings. The van der Waals surface area contributed by atoms with Gasteiger partial charge < -0.3 is 29.4 Å². The normalized spacial score (nSPS) is 13.5. The van der Waals surface area contributed by atoms with Crippen molar-refractivity contribution in [3.05, 3.63) is 72.2 Å². The molecule has 0 saturated carbocycles. The SMILES string of the molecule is COc1ccc(NC(=O)c2cc(NC(=O)c3ccco3)ccc2N2CCOCC2)cc1. The topological polar surface area (TPSA) is 93.0 Å². The van der Waals surface area contributed by atoms with E-state index in [1.165, 1.54) is 6.26 Å². The van der Waals surface area contributed by atoms with E-state index in [2.05, 4.69) is 15.5 Å². The average Bonchev–Trinajstić information content (AvgIpc) is 3.35. The summed E-state index contributed by atoms with van der Waals surface area (Å²) >= 11 is 0. The molecule has 0 atom stereocenters. The van der Waals surface area contributed by atoms with E-state index in [0.717, 1.165) is 5.69 Å². The number of benzene rings is 2. The number of anilines is 3. The molecular weight excluding hydrogens is 398 g/mol. The number of amides is 2. The molecule has 160 valence electrons. The molecule has 2 aromatic carbocycles. The summed E-state index contributed by atoms with van der Waals surface area (Å²) in [6.45, 7) is 2.55. The molecule has 1 aliphatic heterocycles. The van der Waals surface area contributed by atoms with Crippen molar-refractivity contribution in [1.29, 1.82) is 0 Å². The minimum atomic E-state index is -0.384. The fraction of sp³-hybridized carbons (Fsp3) is 0.217. The molecule has 2 amide bonds. The van der Waals surface area contributed by atoms with Crippen LogP contribution in [0.2, 0.25) is 0 Å². The van der Waals surface area contributed by atoms with E-state index in [1.807, 2.05) is 6.07 Å². The van der Waals surface area contributed by atoms with Crippen molar-refractivity contribution in [2.24, 2.45) is 0 Å². The van der Waals surface area contributed by atoms with Crippen molar-refractivity contribution < 1.29 is 23.5 Å². The highest BCUT2D eigenvalue weighted by atomic mass is 16.5. The van der Waals surface area contributed by atoms with Gasteiger partial charge in [0.25, 0.3) is 11.8 Å². The molecule has 2 heterocycles. The average molecular weight is 421 g/mol. The quantitative estimate of drug-likeness (QED) is 0.631. The van der Waals surface area contributed by atoms with Gasteiger partial charge in [0.1, 0.15) is 5.75 Å². The van der Waals surface area contributed by atoms with Gasteiger partial charge in [-0.05, 0) is 54.6 Å². The monoisotopic (exact) mass is 421 g/mol. The Balaban J connectivity index is 1.60. The van der Waals surface area contributed by atoms with Gasteiger partial charge in [0, 0.05) is 30.2 Å². The number of nitrogens with one attached hydrogen (secondary N) is 2. The second kappa shape index (κ2) is 9.36. The summed E-state index contributed by atoms with van der Waals surface area (Å²) in [6, 6.07) is 15.6. The number of rotatable bonds is 6. The lowest BCUT2D eigenvalue weighted by Crippen LogP contribution is -2.37. The van der Waals surface area contributed by atoms with Gasteiger partial charge in [0.15, 0.2) is 5.76 Å². The molecule has 4 rings (SSSR count). The summed E-state index contributed by atoms with van der Waals surface area (Å²) in [4.78, 5) is 27.6. The van der Waals surface area contributed by atoms with E-state index in [9.17, 15) is 9.59 Å². The molecule has 8 nitrogen and oxygen atoms in total. The standard InChI is InChI=1S/C23H23N3O5/c1-29-18-7-4-16(5-8-18)24-22(27)19-15-17(25-23(28)21-3-2-12-31-21)6-9-20(19)26-10-13-30-14-11-26/h2-9,12,15H,10-11,13-14H2,1H3,(H,24,27)(H,25,28). The molecule has 3 aromatic rings. The van der Waals surface area contributed by atoms with Crippen LogP contribution in [0.4, 0.5) is 17.1 Å². The Labute approximate surface area is 179 Å². The molecule has 1 aliphatic rings. The van der Waals surface area contributed by atoms with Crippen molar-refractivity contribution in [2.45, 2.75) is 0 Å². The molecule has 0 aliphatic carbocycles. The van der Waals surface area contributed by atoms with Crippen molar-refractivity contribution in [2.75, 3.05) is 48.9 Å². The van der Waals surface area contributed by atoms with Gasteiger partial charge in [-0.2, -0.15) is 0 Å². The van der Waals surface area contributed by atoms with Gasteiger partial charge in [-0.25, -0.2) is 0 Å². The first-order valence-corrected chi connectivity index (χ1v) is 9.91. The molecule has 0 radical (unpaired) electrons.